The van der Waals surface area contributed by atoms with Crippen LogP contribution in [0.2, 0.25) is 0 Å². The molecule has 7 heteroatoms. The summed E-state index contributed by atoms with van der Waals surface area (Å²) in [7, 11) is 3.98. The van der Waals surface area contributed by atoms with Gasteiger partial charge in [0.1, 0.15) is 5.82 Å². The Labute approximate surface area is 172 Å². The lowest BCUT2D eigenvalue weighted by atomic mass is 10.1. The predicted molar refractivity (Wildman–Crippen MR) is 117 cm³/mol. The Bertz CT molecular complexity index is 777. The summed E-state index contributed by atoms with van der Waals surface area (Å²) < 4.78 is 0. The van der Waals surface area contributed by atoms with Gasteiger partial charge in [-0.2, -0.15) is 0 Å². The number of amides is 1. The van der Waals surface area contributed by atoms with E-state index in [0.717, 1.165) is 47.6 Å². The molecule has 1 amide bonds. The minimum absolute atomic E-state index is 0.0377. The van der Waals surface area contributed by atoms with Gasteiger partial charge in [-0.15, -0.1) is 0 Å². The van der Waals surface area contributed by atoms with Gasteiger partial charge in [0.05, 0.1) is 0 Å². The molecule has 0 atom stereocenters. The van der Waals surface area contributed by atoms with Crippen molar-refractivity contribution in [1.29, 1.82) is 0 Å². The molecule has 152 valence electrons. The summed E-state index contributed by atoms with van der Waals surface area (Å²) in [4.78, 5) is 25.8. The molecule has 0 saturated carbocycles. The zero-order chi connectivity index (χ0) is 20.5. The van der Waals surface area contributed by atoms with Gasteiger partial charge in [-0.1, -0.05) is 23.9 Å². The van der Waals surface area contributed by atoms with Crippen molar-refractivity contribution in [2.45, 2.75) is 31.7 Å². The number of nitrogens with zero attached hydrogens (tertiary/aromatic N) is 4. The van der Waals surface area contributed by atoms with Crippen molar-refractivity contribution in [1.82, 2.24) is 20.2 Å². The molecule has 2 aromatic rings. The number of hydrogen-bond donors (Lipinski definition) is 1. The first-order valence-electron chi connectivity index (χ1n) is 9.68. The van der Waals surface area contributed by atoms with Gasteiger partial charge in [-0.3, -0.25) is 4.79 Å². The van der Waals surface area contributed by atoms with Crippen molar-refractivity contribution in [2.75, 3.05) is 45.2 Å². The SMILES string of the molecule is CCN(CC)c1cc(C)nc(SCc2cccc(C(=O)NCCN(C)C)c2)n1. The number of thioether (sulfide) groups is 1. The van der Waals surface area contributed by atoms with Crippen molar-refractivity contribution in [3.8, 4) is 0 Å². The Morgan fingerprint density at radius 3 is 2.57 bits per heavy atom. The zero-order valence-electron chi connectivity index (χ0n) is 17.5. The summed E-state index contributed by atoms with van der Waals surface area (Å²) in [6, 6.07) is 9.77. The number of rotatable bonds is 10. The molecule has 0 saturated heterocycles. The van der Waals surface area contributed by atoms with Crippen molar-refractivity contribution in [2.24, 2.45) is 0 Å². The summed E-state index contributed by atoms with van der Waals surface area (Å²) >= 11 is 1.60. The Balaban J connectivity index is 2.02. The number of aromatic nitrogens is 2. The van der Waals surface area contributed by atoms with Crippen LogP contribution in [0.5, 0.6) is 0 Å². The van der Waals surface area contributed by atoms with Crippen LogP contribution in [-0.2, 0) is 5.75 Å². The van der Waals surface area contributed by atoms with Crippen LogP contribution >= 0.6 is 11.8 Å². The first-order chi connectivity index (χ1) is 13.4. The summed E-state index contributed by atoms with van der Waals surface area (Å²) in [6.45, 7) is 9.55. The fraction of sp³-hybridized carbons (Fsp3) is 0.476. The fourth-order valence-electron chi connectivity index (χ4n) is 2.74. The maximum Gasteiger partial charge on any atom is 0.251 e. The maximum atomic E-state index is 12.3. The molecule has 2 rings (SSSR count). The standard InChI is InChI=1S/C21H31N5OS/c1-6-26(7-2)19-13-16(3)23-21(24-19)28-15-17-9-8-10-18(14-17)20(27)22-11-12-25(4)5/h8-10,13-14H,6-7,11-12,15H2,1-5H3,(H,22,27). The van der Waals surface area contributed by atoms with E-state index < -0.39 is 0 Å². The summed E-state index contributed by atoms with van der Waals surface area (Å²) in [5.74, 6) is 1.65. The third-order valence-electron chi connectivity index (χ3n) is 4.31. The largest absolute Gasteiger partial charge is 0.357 e. The lowest BCUT2D eigenvalue weighted by molar-refractivity contribution is 0.0951. The molecule has 0 aliphatic rings. The summed E-state index contributed by atoms with van der Waals surface area (Å²) in [5.41, 5.74) is 2.74. The van der Waals surface area contributed by atoms with Gasteiger partial charge < -0.3 is 15.1 Å². The number of anilines is 1. The number of carbonyl (C=O) groups excluding carboxylic acids is 1. The molecule has 1 aromatic carbocycles. The van der Waals surface area contributed by atoms with Crippen LogP contribution in [0.4, 0.5) is 5.82 Å². The molecule has 1 aromatic heterocycles. The second-order valence-electron chi connectivity index (χ2n) is 6.87. The minimum atomic E-state index is -0.0377. The number of carbonyl (C=O) groups is 1. The molecular weight excluding hydrogens is 370 g/mol. The van der Waals surface area contributed by atoms with Crippen LogP contribution < -0.4 is 10.2 Å². The molecule has 1 heterocycles. The van der Waals surface area contributed by atoms with Crippen LogP contribution in [0.15, 0.2) is 35.5 Å². The molecule has 0 bridgehead atoms. The average Bonchev–Trinajstić information content (AvgIpc) is 2.67. The van der Waals surface area contributed by atoms with E-state index in [-0.39, 0.29) is 5.91 Å². The number of nitrogens with one attached hydrogen (secondary N) is 1. The highest BCUT2D eigenvalue weighted by atomic mass is 32.2. The van der Waals surface area contributed by atoms with E-state index in [0.29, 0.717) is 12.1 Å². The molecule has 0 radical (unpaired) electrons. The van der Waals surface area contributed by atoms with E-state index in [4.69, 9.17) is 4.98 Å². The minimum Gasteiger partial charge on any atom is -0.357 e. The first kappa shape index (κ1) is 22.2. The fourth-order valence-corrected chi connectivity index (χ4v) is 3.59. The highest BCUT2D eigenvalue weighted by Crippen LogP contribution is 2.23. The van der Waals surface area contributed by atoms with E-state index in [9.17, 15) is 4.79 Å². The van der Waals surface area contributed by atoms with Gasteiger partial charge in [0, 0.05) is 49.3 Å². The van der Waals surface area contributed by atoms with Crippen LogP contribution in [0.3, 0.4) is 0 Å². The van der Waals surface area contributed by atoms with Crippen LogP contribution in [-0.4, -0.2) is 61.0 Å². The molecular formula is C21H31N5OS. The number of likely N-dealkylation sites (N-methyl/N-ethyl adjacent to an activating group) is 1. The van der Waals surface area contributed by atoms with Gasteiger partial charge in [-0.25, -0.2) is 9.97 Å². The van der Waals surface area contributed by atoms with Crippen molar-refractivity contribution in [3.63, 3.8) is 0 Å². The third-order valence-corrected chi connectivity index (χ3v) is 5.23. The van der Waals surface area contributed by atoms with Crippen molar-refractivity contribution in [3.05, 3.63) is 47.2 Å². The average molecular weight is 402 g/mol. The van der Waals surface area contributed by atoms with Gasteiger partial charge in [-0.05, 0) is 52.6 Å². The van der Waals surface area contributed by atoms with Crippen molar-refractivity contribution < 1.29 is 4.79 Å². The number of aryl methyl sites for hydroxylation is 1. The highest BCUT2D eigenvalue weighted by molar-refractivity contribution is 7.98. The summed E-state index contributed by atoms with van der Waals surface area (Å²) in [6.07, 6.45) is 0. The van der Waals surface area contributed by atoms with Gasteiger partial charge in [0.15, 0.2) is 5.16 Å². The third kappa shape index (κ3) is 6.80. The second kappa shape index (κ2) is 11.0. The van der Waals surface area contributed by atoms with Gasteiger partial charge >= 0.3 is 0 Å². The predicted octanol–water partition coefficient (Wildman–Crippen LogP) is 3.21. The normalized spacial score (nSPS) is 10.9. The second-order valence-corrected chi connectivity index (χ2v) is 7.81. The Morgan fingerprint density at radius 1 is 1.14 bits per heavy atom. The first-order valence-corrected chi connectivity index (χ1v) is 10.7. The van der Waals surface area contributed by atoms with E-state index in [2.05, 4.69) is 29.0 Å². The lowest BCUT2D eigenvalue weighted by Gasteiger charge is -2.20. The zero-order valence-corrected chi connectivity index (χ0v) is 18.3. The molecule has 0 aliphatic heterocycles. The molecule has 0 spiro atoms. The van der Waals surface area contributed by atoms with E-state index >= 15 is 0 Å². The topological polar surface area (TPSA) is 61.4 Å². The summed E-state index contributed by atoms with van der Waals surface area (Å²) in [5, 5.41) is 3.72. The molecule has 6 nitrogen and oxygen atoms in total. The highest BCUT2D eigenvalue weighted by Gasteiger charge is 2.10. The smallest absolute Gasteiger partial charge is 0.251 e. The van der Waals surface area contributed by atoms with Gasteiger partial charge in [0.2, 0.25) is 0 Å². The Hall–Kier alpha value is -2.12. The quantitative estimate of drug-likeness (QED) is 0.487. The van der Waals surface area contributed by atoms with Crippen LogP contribution in [0.25, 0.3) is 0 Å². The van der Waals surface area contributed by atoms with E-state index in [1.54, 1.807) is 11.8 Å². The Morgan fingerprint density at radius 2 is 1.89 bits per heavy atom. The Kier molecular flexibility index (Phi) is 8.73. The number of hydrogen-bond acceptors (Lipinski definition) is 6. The monoisotopic (exact) mass is 401 g/mol. The molecule has 0 fully saturated rings. The maximum absolute atomic E-state index is 12.3. The van der Waals surface area contributed by atoms with E-state index in [1.807, 2.05) is 56.3 Å². The molecule has 28 heavy (non-hydrogen) atoms. The number of benzene rings is 1. The van der Waals surface area contributed by atoms with Crippen molar-refractivity contribution >= 4 is 23.5 Å². The molecule has 0 unspecified atom stereocenters. The molecule has 0 aliphatic carbocycles. The lowest BCUT2D eigenvalue weighted by Crippen LogP contribution is -2.31. The van der Waals surface area contributed by atoms with E-state index in [1.165, 1.54) is 0 Å². The van der Waals surface area contributed by atoms with Gasteiger partial charge in [0.25, 0.3) is 5.91 Å². The van der Waals surface area contributed by atoms with Crippen LogP contribution in [0.1, 0.15) is 35.5 Å². The molecule has 1 N–H and O–H groups in total. The van der Waals surface area contributed by atoms with Crippen LogP contribution in [0, 0.1) is 6.92 Å².